The van der Waals surface area contributed by atoms with E-state index >= 15 is 0 Å². The van der Waals surface area contributed by atoms with Crippen molar-refractivity contribution < 1.29 is 14.3 Å². The van der Waals surface area contributed by atoms with E-state index in [4.69, 9.17) is 5.73 Å². The summed E-state index contributed by atoms with van der Waals surface area (Å²) < 4.78 is 4.56. The van der Waals surface area contributed by atoms with E-state index in [1.807, 2.05) is 13.8 Å². The molecule has 0 saturated carbocycles. The van der Waals surface area contributed by atoms with E-state index in [1.165, 1.54) is 7.11 Å². The minimum atomic E-state index is -0.587. The molecule has 3 N–H and O–H groups in total. The summed E-state index contributed by atoms with van der Waals surface area (Å²) >= 11 is 0. The first-order chi connectivity index (χ1) is 6.51. The highest BCUT2D eigenvalue weighted by molar-refractivity contribution is 5.85. The standard InChI is InChI=1S/C9H18N2O3.ClH/c1-6(2)4-7(9(13)14-3)11-8(12)5-10;/h6-7H,4-5,10H2,1-3H3,(H,11,12);1H. The summed E-state index contributed by atoms with van der Waals surface area (Å²) in [7, 11) is 1.30. The Hall–Kier alpha value is -0.810. The number of carbonyl (C=O) groups excluding carboxylic acids is 2. The molecule has 0 radical (unpaired) electrons. The smallest absolute Gasteiger partial charge is 0.328 e. The average molecular weight is 239 g/mol. The fourth-order valence-corrected chi connectivity index (χ4v) is 1.08. The van der Waals surface area contributed by atoms with Crippen LogP contribution in [0.2, 0.25) is 0 Å². The van der Waals surface area contributed by atoms with Crippen molar-refractivity contribution >= 4 is 24.3 Å². The first kappa shape index (κ1) is 16.6. The molecule has 0 spiro atoms. The van der Waals surface area contributed by atoms with Crippen LogP contribution in [-0.2, 0) is 14.3 Å². The molecule has 0 aromatic carbocycles. The van der Waals surface area contributed by atoms with Gasteiger partial charge < -0.3 is 15.8 Å². The second-order valence-corrected chi connectivity index (χ2v) is 3.48. The summed E-state index contributed by atoms with van der Waals surface area (Å²) in [5.41, 5.74) is 5.13. The van der Waals surface area contributed by atoms with Crippen LogP contribution < -0.4 is 11.1 Å². The van der Waals surface area contributed by atoms with Crippen molar-refractivity contribution in [2.45, 2.75) is 26.3 Å². The van der Waals surface area contributed by atoms with Crippen LogP contribution in [-0.4, -0.2) is 31.6 Å². The molecular weight excluding hydrogens is 220 g/mol. The molecule has 0 heterocycles. The van der Waals surface area contributed by atoms with Crippen LogP contribution in [0, 0.1) is 5.92 Å². The van der Waals surface area contributed by atoms with E-state index < -0.39 is 12.0 Å². The zero-order chi connectivity index (χ0) is 11.1. The van der Waals surface area contributed by atoms with E-state index in [-0.39, 0.29) is 24.9 Å². The molecule has 0 aliphatic carbocycles. The predicted octanol–water partition coefficient (Wildman–Crippen LogP) is 0.0708. The van der Waals surface area contributed by atoms with Gasteiger partial charge in [0.2, 0.25) is 5.91 Å². The van der Waals surface area contributed by atoms with E-state index in [9.17, 15) is 9.59 Å². The molecule has 0 saturated heterocycles. The summed E-state index contributed by atoms with van der Waals surface area (Å²) in [5, 5.41) is 2.51. The van der Waals surface area contributed by atoms with Gasteiger partial charge in [-0.15, -0.1) is 12.4 Å². The number of ether oxygens (including phenoxy) is 1. The molecule has 0 fully saturated rings. The number of nitrogens with one attached hydrogen (secondary N) is 1. The molecule has 0 aromatic rings. The lowest BCUT2D eigenvalue weighted by Crippen LogP contribution is -2.44. The number of esters is 1. The van der Waals surface area contributed by atoms with E-state index in [0.29, 0.717) is 12.3 Å². The molecule has 6 heteroatoms. The maximum absolute atomic E-state index is 11.2. The lowest BCUT2D eigenvalue weighted by atomic mass is 10.0. The molecule has 0 bridgehead atoms. The Morgan fingerprint density at radius 3 is 2.27 bits per heavy atom. The van der Waals surface area contributed by atoms with Gasteiger partial charge in [-0.1, -0.05) is 13.8 Å². The quantitative estimate of drug-likeness (QED) is 0.665. The molecule has 1 atom stereocenters. The van der Waals surface area contributed by atoms with Crippen molar-refractivity contribution in [1.29, 1.82) is 0 Å². The number of carbonyl (C=O) groups is 2. The molecular formula is C9H19ClN2O3. The Morgan fingerprint density at radius 2 is 1.93 bits per heavy atom. The van der Waals surface area contributed by atoms with Gasteiger partial charge in [-0.2, -0.15) is 0 Å². The Labute approximate surface area is 96.1 Å². The average Bonchev–Trinajstić information content (AvgIpc) is 2.14. The molecule has 15 heavy (non-hydrogen) atoms. The number of halogens is 1. The Balaban J connectivity index is 0. The Kier molecular flexibility index (Phi) is 9.41. The number of amides is 1. The predicted molar refractivity (Wildman–Crippen MR) is 59.7 cm³/mol. The monoisotopic (exact) mass is 238 g/mol. The fraction of sp³-hybridized carbons (Fsp3) is 0.778. The summed E-state index contributed by atoms with van der Waals surface area (Å²) in [6.45, 7) is 3.81. The molecule has 5 nitrogen and oxygen atoms in total. The molecule has 0 aliphatic heterocycles. The van der Waals surface area contributed by atoms with Crippen molar-refractivity contribution in [2.24, 2.45) is 11.7 Å². The molecule has 0 rings (SSSR count). The zero-order valence-corrected chi connectivity index (χ0v) is 10.1. The third-order valence-corrected chi connectivity index (χ3v) is 1.71. The molecule has 0 aliphatic rings. The van der Waals surface area contributed by atoms with Crippen LogP contribution in [0.3, 0.4) is 0 Å². The maximum Gasteiger partial charge on any atom is 0.328 e. The van der Waals surface area contributed by atoms with Gasteiger partial charge in [0.25, 0.3) is 0 Å². The van der Waals surface area contributed by atoms with Crippen molar-refractivity contribution in [2.75, 3.05) is 13.7 Å². The third kappa shape index (κ3) is 7.16. The number of methoxy groups -OCH3 is 1. The normalized spacial score (nSPS) is 11.5. The summed E-state index contributed by atoms with van der Waals surface area (Å²) in [4.78, 5) is 22.2. The molecule has 90 valence electrons. The first-order valence-electron chi connectivity index (χ1n) is 4.58. The number of rotatable bonds is 5. The minimum Gasteiger partial charge on any atom is -0.467 e. The van der Waals surface area contributed by atoms with Gasteiger partial charge in [-0.3, -0.25) is 4.79 Å². The van der Waals surface area contributed by atoms with Crippen LogP contribution in [0.5, 0.6) is 0 Å². The number of hydrogen-bond acceptors (Lipinski definition) is 4. The van der Waals surface area contributed by atoms with Crippen LogP contribution in [0.1, 0.15) is 20.3 Å². The van der Waals surface area contributed by atoms with E-state index in [1.54, 1.807) is 0 Å². The second kappa shape index (κ2) is 8.49. The van der Waals surface area contributed by atoms with Crippen molar-refractivity contribution in [3.05, 3.63) is 0 Å². The summed E-state index contributed by atoms with van der Waals surface area (Å²) in [5.74, 6) is -0.473. The minimum absolute atomic E-state index is 0. The van der Waals surface area contributed by atoms with Gasteiger partial charge in [-0.05, 0) is 12.3 Å². The third-order valence-electron chi connectivity index (χ3n) is 1.71. The van der Waals surface area contributed by atoms with Crippen molar-refractivity contribution in [3.63, 3.8) is 0 Å². The lowest BCUT2D eigenvalue weighted by Gasteiger charge is -2.17. The SMILES string of the molecule is COC(=O)C(CC(C)C)NC(=O)CN.Cl. The number of hydrogen-bond donors (Lipinski definition) is 2. The topological polar surface area (TPSA) is 81.4 Å². The van der Waals surface area contributed by atoms with Crippen LogP contribution in [0.15, 0.2) is 0 Å². The van der Waals surface area contributed by atoms with Crippen LogP contribution in [0.4, 0.5) is 0 Å². The van der Waals surface area contributed by atoms with Crippen molar-refractivity contribution in [1.82, 2.24) is 5.32 Å². The van der Waals surface area contributed by atoms with Gasteiger partial charge in [0.15, 0.2) is 0 Å². The summed E-state index contributed by atoms with van der Waals surface area (Å²) in [6, 6.07) is -0.587. The van der Waals surface area contributed by atoms with Gasteiger partial charge in [0, 0.05) is 0 Å². The first-order valence-corrected chi connectivity index (χ1v) is 4.58. The number of nitrogens with two attached hydrogens (primary N) is 1. The maximum atomic E-state index is 11.2. The lowest BCUT2D eigenvalue weighted by molar-refractivity contribution is -0.145. The molecule has 0 aromatic heterocycles. The zero-order valence-electron chi connectivity index (χ0n) is 9.28. The Morgan fingerprint density at radius 1 is 1.40 bits per heavy atom. The van der Waals surface area contributed by atoms with Gasteiger partial charge >= 0.3 is 5.97 Å². The highest BCUT2D eigenvalue weighted by Gasteiger charge is 2.21. The summed E-state index contributed by atoms with van der Waals surface area (Å²) in [6.07, 6.45) is 0.554. The highest BCUT2D eigenvalue weighted by Crippen LogP contribution is 2.05. The van der Waals surface area contributed by atoms with Crippen LogP contribution >= 0.6 is 12.4 Å². The van der Waals surface area contributed by atoms with E-state index in [0.717, 1.165) is 0 Å². The highest BCUT2D eigenvalue weighted by atomic mass is 35.5. The fourth-order valence-electron chi connectivity index (χ4n) is 1.08. The largest absolute Gasteiger partial charge is 0.467 e. The second-order valence-electron chi connectivity index (χ2n) is 3.48. The van der Waals surface area contributed by atoms with E-state index in [2.05, 4.69) is 10.1 Å². The van der Waals surface area contributed by atoms with Gasteiger partial charge in [0.1, 0.15) is 6.04 Å². The molecule has 1 amide bonds. The van der Waals surface area contributed by atoms with Crippen LogP contribution in [0.25, 0.3) is 0 Å². The van der Waals surface area contributed by atoms with Gasteiger partial charge in [-0.25, -0.2) is 4.79 Å². The molecule has 1 unspecified atom stereocenters. The van der Waals surface area contributed by atoms with Gasteiger partial charge in [0.05, 0.1) is 13.7 Å². The van der Waals surface area contributed by atoms with Crippen molar-refractivity contribution in [3.8, 4) is 0 Å². The Bertz CT molecular complexity index is 210.